The third-order valence-electron chi connectivity index (χ3n) is 5.75. The van der Waals surface area contributed by atoms with Gasteiger partial charge in [0.15, 0.2) is 5.78 Å². The summed E-state index contributed by atoms with van der Waals surface area (Å²) in [4.78, 5) is 29.6. The number of hydrogen-bond acceptors (Lipinski definition) is 5. The molecule has 2 rings (SSSR count). The first kappa shape index (κ1) is 27.5. The number of carbonyl (C=O) groups excluding carboxylic acids is 2. The van der Waals surface area contributed by atoms with Gasteiger partial charge < -0.3 is 15.8 Å². The molecule has 34 heavy (non-hydrogen) atoms. The van der Waals surface area contributed by atoms with Gasteiger partial charge in [0.25, 0.3) is 5.91 Å². The fourth-order valence-electron chi connectivity index (χ4n) is 3.69. The number of methoxy groups -OCH3 is 1. The Bertz CT molecular complexity index is 1030. The fraction of sp³-hybridized carbons (Fsp3) is 0.423. The molecular weight excluding hydrogens is 457 g/mol. The summed E-state index contributed by atoms with van der Waals surface area (Å²) in [5.41, 5.74) is 8.93. The van der Waals surface area contributed by atoms with Crippen LogP contribution in [0.2, 0.25) is 5.02 Å². The highest BCUT2D eigenvalue weighted by atomic mass is 35.5. The number of nitrogens with zero attached hydrogens (tertiary/aromatic N) is 1. The van der Waals surface area contributed by atoms with Crippen LogP contribution < -0.4 is 11.1 Å². The van der Waals surface area contributed by atoms with Gasteiger partial charge in [0.2, 0.25) is 0 Å². The summed E-state index contributed by atoms with van der Waals surface area (Å²) in [5.74, 6) is -0.871. The van der Waals surface area contributed by atoms with Crippen molar-refractivity contribution in [1.82, 2.24) is 5.32 Å². The Morgan fingerprint density at radius 1 is 1.24 bits per heavy atom. The monoisotopic (exact) mass is 489 g/mol. The Balaban J connectivity index is 2.06. The van der Waals surface area contributed by atoms with Gasteiger partial charge in [-0.25, -0.2) is 4.39 Å². The molecule has 3 N–H and O–H groups in total. The minimum atomic E-state index is -0.600. The summed E-state index contributed by atoms with van der Waals surface area (Å²) >= 11 is 5.76. The van der Waals surface area contributed by atoms with Crippen LogP contribution in [0.15, 0.2) is 35.3 Å². The molecule has 0 saturated carbocycles. The van der Waals surface area contributed by atoms with Gasteiger partial charge in [0, 0.05) is 54.7 Å². The van der Waals surface area contributed by atoms with Crippen LogP contribution in [0.1, 0.15) is 65.0 Å². The summed E-state index contributed by atoms with van der Waals surface area (Å²) < 4.78 is 19.0. The standard InChI is InChI=1S/C26H33ClFN3O3/c1-4-17(6-11-25(32)21-8-7-18(27)14-23(21)28)15-30-16-22-19(5-2)20(9-10-24(22)29)26(33)31-12-13-34-3/h7-10,14,16-17H,4-6,11-13,15,29H2,1-3H3,(H,31,33). The second-order valence-electron chi connectivity index (χ2n) is 8.05. The molecule has 1 amide bonds. The molecule has 6 nitrogen and oxygen atoms in total. The molecule has 1 unspecified atom stereocenters. The van der Waals surface area contributed by atoms with E-state index in [1.165, 1.54) is 12.1 Å². The first-order valence-electron chi connectivity index (χ1n) is 11.5. The minimum absolute atomic E-state index is 0.0590. The Morgan fingerprint density at radius 2 is 1.97 bits per heavy atom. The van der Waals surface area contributed by atoms with Gasteiger partial charge in [0.1, 0.15) is 5.82 Å². The lowest BCUT2D eigenvalue weighted by Crippen LogP contribution is -2.28. The minimum Gasteiger partial charge on any atom is -0.398 e. The number of nitrogens with two attached hydrogens (primary N) is 1. The molecule has 8 heteroatoms. The molecule has 0 saturated heterocycles. The van der Waals surface area contributed by atoms with Gasteiger partial charge in [-0.15, -0.1) is 0 Å². The van der Waals surface area contributed by atoms with Gasteiger partial charge >= 0.3 is 0 Å². The SMILES string of the molecule is CCc1c(C(=O)NCCOC)ccc(N)c1C=NCC(CC)CCC(=O)c1ccc(Cl)cc1F. The summed E-state index contributed by atoms with van der Waals surface area (Å²) in [6, 6.07) is 7.53. The number of ketones is 1. The highest BCUT2D eigenvalue weighted by molar-refractivity contribution is 6.30. The summed E-state index contributed by atoms with van der Waals surface area (Å²) in [7, 11) is 1.58. The Kier molecular flexibility index (Phi) is 11.2. The van der Waals surface area contributed by atoms with E-state index in [9.17, 15) is 14.0 Å². The number of ether oxygens (including phenoxy) is 1. The Labute approximate surface area is 205 Å². The summed E-state index contributed by atoms with van der Waals surface area (Å²) in [6.45, 7) is 5.35. The maximum Gasteiger partial charge on any atom is 0.251 e. The molecule has 0 aliphatic heterocycles. The number of rotatable bonds is 13. The van der Waals surface area contributed by atoms with Crippen LogP contribution in [0.3, 0.4) is 0 Å². The van der Waals surface area contributed by atoms with Gasteiger partial charge in [-0.3, -0.25) is 14.6 Å². The molecule has 0 aromatic heterocycles. The number of aliphatic imine (C=N–C) groups is 1. The Hall–Kier alpha value is -2.77. The van der Waals surface area contributed by atoms with Crippen molar-refractivity contribution in [2.24, 2.45) is 10.9 Å². The maximum atomic E-state index is 14.0. The van der Waals surface area contributed by atoms with Gasteiger partial charge in [-0.05, 0) is 54.7 Å². The van der Waals surface area contributed by atoms with Crippen molar-refractivity contribution < 1.29 is 18.7 Å². The topological polar surface area (TPSA) is 93.8 Å². The zero-order valence-electron chi connectivity index (χ0n) is 20.0. The van der Waals surface area contributed by atoms with E-state index in [-0.39, 0.29) is 34.6 Å². The molecule has 0 aliphatic rings. The van der Waals surface area contributed by atoms with E-state index in [2.05, 4.69) is 10.3 Å². The van der Waals surface area contributed by atoms with Crippen molar-refractivity contribution >= 4 is 35.2 Å². The lowest BCUT2D eigenvalue weighted by molar-refractivity contribution is 0.0934. The van der Waals surface area contributed by atoms with Crippen LogP contribution in [-0.2, 0) is 11.2 Å². The largest absolute Gasteiger partial charge is 0.398 e. The first-order chi connectivity index (χ1) is 16.3. The average Bonchev–Trinajstić information content (AvgIpc) is 2.81. The van der Waals surface area contributed by atoms with E-state index >= 15 is 0 Å². The van der Waals surface area contributed by atoms with Crippen LogP contribution in [0.4, 0.5) is 10.1 Å². The van der Waals surface area contributed by atoms with Crippen molar-refractivity contribution in [3.8, 4) is 0 Å². The predicted molar refractivity (Wildman–Crippen MR) is 136 cm³/mol. The number of nitrogens with one attached hydrogen (secondary N) is 1. The summed E-state index contributed by atoms with van der Waals surface area (Å²) in [5, 5.41) is 3.10. The normalized spacial score (nSPS) is 12.1. The highest BCUT2D eigenvalue weighted by Crippen LogP contribution is 2.22. The molecule has 2 aromatic rings. The van der Waals surface area contributed by atoms with E-state index < -0.39 is 5.82 Å². The Morgan fingerprint density at radius 3 is 2.62 bits per heavy atom. The highest BCUT2D eigenvalue weighted by Gasteiger charge is 2.17. The first-order valence-corrected chi connectivity index (χ1v) is 11.9. The molecule has 0 bridgehead atoms. The molecule has 0 radical (unpaired) electrons. The van der Waals surface area contributed by atoms with Crippen molar-refractivity contribution in [3.63, 3.8) is 0 Å². The number of nitrogen functional groups attached to an aromatic ring is 1. The molecule has 2 aromatic carbocycles. The molecule has 184 valence electrons. The molecule has 0 aliphatic carbocycles. The summed E-state index contributed by atoms with van der Waals surface area (Å²) in [6.07, 6.45) is 3.98. The van der Waals surface area contributed by atoms with E-state index in [1.807, 2.05) is 13.8 Å². The number of carbonyl (C=O) groups is 2. The van der Waals surface area contributed by atoms with Crippen LogP contribution in [-0.4, -0.2) is 44.7 Å². The van der Waals surface area contributed by atoms with Crippen molar-refractivity contribution in [2.75, 3.05) is 32.5 Å². The lowest BCUT2D eigenvalue weighted by Gasteiger charge is -2.14. The van der Waals surface area contributed by atoms with Gasteiger partial charge in [-0.1, -0.05) is 31.9 Å². The van der Waals surface area contributed by atoms with E-state index in [4.69, 9.17) is 22.1 Å². The molecule has 0 spiro atoms. The third kappa shape index (κ3) is 7.64. The number of amides is 1. The molecule has 0 heterocycles. The smallest absolute Gasteiger partial charge is 0.251 e. The van der Waals surface area contributed by atoms with Crippen molar-refractivity contribution in [2.45, 2.75) is 39.5 Å². The van der Waals surface area contributed by atoms with Crippen LogP contribution >= 0.6 is 11.6 Å². The molecule has 1 atom stereocenters. The number of Topliss-reactive ketones (excluding diaryl/α,β-unsaturated/α-hetero) is 1. The van der Waals surface area contributed by atoms with E-state index in [0.717, 1.165) is 23.6 Å². The molecule has 0 fully saturated rings. The predicted octanol–water partition coefficient (Wildman–Crippen LogP) is 5.11. The van der Waals surface area contributed by atoms with Crippen LogP contribution in [0.5, 0.6) is 0 Å². The number of hydrogen-bond donors (Lipinski definition) is 2. The molecular formula is C26H33ClFN3O3. The van der Waals surface area contributed by atoms with Crippen molar-refractivity contribution in [1.29, 1.82) is 0 Å². The van der Waals surface area contributed by atoms with Gasteiger partial charge in [0.05, 0.1) is 12.2 Å². The van der Waals surface area contributed by atoms with Crippen LogP contribution in [0, 0.1) is 11.7 Å². The number of anilines is 1. The zero-order chi connectivity index (χ0) is 25.1. The number of benzene rings is 2. The average molecular weight is 490 g/mol. The third-order valence-corrected chi connectivity index (χ3v) is 5.99. The van der Waals surface area contributed by atoms with E-state index in [0.29, 0.717) is 43.8 Å². The van der Waals surface area contributed by atoms with Gasteiger partial charge in [-0.2, -0.15) is 0 Å². The second-order valence-corrected chi connectivity index (χ2v) is 8.49. The van der Waals surface area contributed by atoms with Crippen molar-refractivity contribution in [3.05, 3.63) is 63.4 Å². The maximum absolute atomic E-state index is 14.0. The van der Waals surface area contributed by atoms with E-state index in [1.54, 1.807) is 25.5 Å². The fourth-order valence-corrected chi connectivity index (χ4v) is 3.85. The zero-order valence-corrected chi connectivity index (χ0v) is 20.8. The quantitative estimate of drug-likeness (QED) is 0.177. The second kappa shape index (κ2) is 13.8. The lowest BCUT2D eigenvalue weighted by atomic mass is 9.95. The number of halogens is 2. The van der Waals surface area contributed by atoms with Crippen LogP contribution in [0.25, 0.3) is 0 Å².